The van der Waals surface area contributed by atoms with Gasteiger partial charge in [0.15, 0.2) is 0 Å². The van der Waals surface area contributed by atoms with E-state index >= 15 is 0 Å². The third kappa shape index (κ3) is 211. The molecule has 0 unspecified atom stereocenters. The maximum Gasteiger partial charge on any atom is 2.00 e. The number of thiol groups is 4. The van der Waals surface area contributed by atoms with Crippen molar-refractivity contribution in [2.45, 2.75) is 51.4 Å². The van der Waals surface area contributed by atoms with E-state index in [0.717, 1.165) is 222 Å². The summed E-state index contributed by atoms with van der Waals surface area (Å²) in [5.41, 5.74) is 0. The molecule has 4 fully saturated rings. The van der Waals surface area contributed by atoms with Gasteiger partial charge in [0.25, 0.3) is 0 Å². The maximum atomic E-state index is 9.43. The van der Waals surface area contributed by atoms with Gasteiger partial charge in [0, 0.05) is 133 Å². The maximum absolute atomic E-state index is 9.43. The van der Waals surface area contributed by atoms with Gasteiger partial charge in [-0.2, -0.15) is 0 Å². The van der Waals surface area contributed by atoms with Gasteiger partial charge in [-0.1, -0.05) is 0 Å². The summed E-state index contributed by atoms with van der Waals surface area (Å²) in [6.07, 6.45) is 11.3. The number of hydrogen-bond acceptors (Lipinski definition) is 38. The summed E-state index contributed by atoms with van der Waals surface area (Å²) in [5.74, 6) is 0. The fraction of sp³-hybridized carbons (Fsp3) is 0.957. The van der Waals surface area contributed by atoms with Crippen molar-refractivity contribution in [2.75, 3.05) is 238 Å². The minimum atomic E-state index is -4.94. The van der Waals surface area contributed by atoms with Gasteiger partial charge >= 0.3 is 67.1 Å². The Morgan fingerprint density at radius 3 is 0.298 bits per heavy atom. The molecule has 4 radical (unpaired) electrons. The summed E-state index contributed by atoms with van der Waals surface area (Å²) in [4.78, 5) is 21.8. The van der Waals surface area contributed by atoms with Gasteiger partial charge in [-0.3, -0.25) is 9.59 Å². The topological polar surface area (TPSA) is 602 Å². The summed E-state index contributed by atoms with van der Waals surface area (Å²) < 4.78 is 136. The molecule has 16 N–H and O–H groups in total. The van der Waals surface area contributed by atoms with E-state index in [1.54, 1.807) is 28.2 Å². The molecule has 0 saturated carbocycles. The predicted octanol–water partition coefficient (Wildman–Crippen LogP) is -24.2. The molecule has 2 amide bonds. The van der Waals surface area contributed by atoms with Crippen LogP contribution in [0.2, 0.25) is 0 Å². The molecular formula is C46H114Cl4Co4N18O18S4. The van der Waals surface area contributed by atoms with Gasteiger partial charge in [-0.15, -0.1) is 41.0 Å². The van der Waals surface area contributed by atoms with E-state index in [4.69, 9.17) is 74.5 Å². The molecule has 4 heterocycles. The second-order valence-corrected chi connectivity index (χ2v) is 21.5. The number of hydrogen-bond donors (Lipinski definition) is 16. The zero-order valence-corrected chi connectivity index (χ0v) is 65.1. The molecule has 4 aliphatic heterocycles. The molecule has 584 valence electrons. The van der Waals surface area contributed by atoms with Gasteiger partial charge in [-0.25, -0.2) is 74.5 Å². The first kappa shape index (κ1) is 129. The Labute approximate surface area is 637 Å². The molecular weight excluding hydrogens is 1600 g/mol. The molecule has 4 rings (SSSR count). The predicted molar refractivity (Wildman–Crippen MR) is 317 cm³/mol. The quantitative estimate of drug-likeness (QED) is 0.0693. The van der Waals surface area contributed by atoms with Crippen molar-refractivity contribution >= 4 is 66.8 Å². The molecule has 48 heteroatoms. The van der Waals surface area contributed by atoms with Gasteiger partial charge in [0.05, 0.1) is 0 Å². The standard InChI is InChI=1S/4C10H24N4.2C3H7NO.4ClHO4.4Co.4H2S/c4*1-3-11-7-9-13-5-2-6-14-10-8-12-4-1;2*1-4(2)3-5;4*2-1(3,4)5;;;;;;;;/h4*11-14H,1-10H2;2*3H,1-2H3;4*(H,2,3,4,5);;;;;4*1H2/q;;;;;;;;;;4*+2;;;;/p-8. The third-order valence-corrected chi connectivity index (χ3v) is 9.91. The molecule has 0 aromatic heterocycles. The fourth-order valence-corrected chi connectivity index (χ4v) is 6.12. The number of rotatable bonds is 2. The van der Waals surface area contributed by atoms with Crippen LogP contribution in [-0.2, 0) is 131 Å². The van der Waals surface area contributed by atoms with Gasteiger partial charge in [-0.05, 0) is 156 Å². The molecule has 94 heavy (non-hydrogen) atoms. The Balaban J connectivity index is -0.0000000646. The van der Waals surface area contributed by atoms with Crippen molar-refractivity contribution in [2.24, 2.45) is 0 Å². The number of carbonyl (C=O) groups excluding carboxylic acids is 2. The van der Waals surface area contributed by atoms with Crippen LogP contribution in [-0.4, -0.2) is 260 Å². The molecule has 0 atom stereocenters. The van der Waals surface area contributed by atoms with Crippen LogP contribution in [0.4, 0.5) is 0 Å². The van der Waals surface area contributed by atoms with Crippen molar-refractivity contribution in [3.05, 3.63) is 0 Å². The van der Waals surface area contributed by atoms with E-state index in [2.05, 4.69) is 85.1 Å². The van der Waals surface area contributed by atoms with Crippen LogP contribution in [0, 0.1) is 41.0 Å². The van der Waals surface area contributed by atoms with Crippen LogP contribution >= 0.6 is 0 Å². The molecule has 36 nitrogen and oxygen atoms in total. The average Bonchev–Trinajstić information content (AvgIpc) is 3.40. The second-order valence-electron chi connectivity index (χ2n) is 18.5. The van der Waals surface area contributed by atoms with E-state index in [1.807, 2.05) is 0 Å². The first-order chi connectivity index (χ1) is 40.5. The molecule has 4 aliphatic rings. The van der Waals surface area contributed by atoms with Crippen molar-refractivity contribution in [1.82, 2.24) is 94.9 Å². The zero-order valence-electron chi connectivity index (χ0n) is 54.3. The van der Waals surface area contributed by atoms with Gasteiger partial charge < -0.3 is 149 Å². The first-order valence-corrected chi connectivity index (χ1v) is 33.5. The number of nitrogens with zero attached hydrogens (tertiary/aromatic N) is 2. The van der Waals surface area contributed by atoms with Crippen molar-refractivity contribution < 1.29 is 192 Å². The van der Waals surface area contributed by atoms with Gasteiger partial charge in [0.1, 0.15) is 0 Å². The van der Waals surface area contributed by atoms with Crippen LogP contribution in [0.25, 0.3) is 0 Å². The SMILES string of the molecule is C1CNCCNCCCNCCNC1.C1CNCCNCCCNCCNC1.C1CNCCNCCCNCCNC1.C1CNCCNCCCNCCNC1.CN(C)C=O.CN(C)C=O.[Co+2].[Co+2].[Co+2].[Co+2].[O-][Cl+3]([O-])([O-])[O-].[O-][Cl+3]([O-])([O-])[O-].[O-][Cl+3]([O-])([O-])[O-].[O-][Cl+3]([O-])([O-])[O-].[SH-].[SH-].[SH-].[SH-]. The Morgan fingerprint density at radius 2 is 0.255 bits per heavy atom. The van der Waals surface area contributed by atoms with E-state index in [1.165, 1.54) is 61.2 Å². The Morgan fingerprint density at radius 1 is 0.202 bits per heavy atom. The second kappa shape index (κ2) is 104. The molecule has 4 saturated heterocycles. The zero-order chi connectivity index (χ0) is 66.2. The van der Waals surface area contributed by atoms with Crippen LogP contribution in [0.3, 0.4) is 0 Å². The monoisotopic (exact) mass is 1710 g/mol. The van der Waals surface area contributed by atoms with E-state index in [0.29, 0.717) is 0 Å². The molecule has 0 aliphatic carbocycles. The molecule has 0 bridgehead atoms. The largest absolute Gasteiger partial charge is 2.00 e. The van der Waals surface area contributed by atoms with Gasteiger partial charge in [0.2, 0.25) is 12.8 Å². The Hall–Kier alpha value is 2.25. The smallest absolute Gasteiger partial charge is 0.813 e. The molecule has 0 spiro atoms. The van der Waals surface area contributed by atoms with E-state index in [-0.39, 0.29) is 121 Å². The van der Waals surface area contributed by atoms with Crippen LogP contribution in [0.5, 0.6) is 0 Å². The fourth-order valence-electron chi connectivity index (χ4n) is 6.12. The van der Waals surface area contributed by atoms with E-state index < -0.39 is 41.0 Å². The van der Waals surface area contributed by atoms with E-state index in [9.17, 15) is 9.59 Å². The van der Waals surface area contributed by atoms with Crippen LogP contribution in [0.15, 0.2) is 0 Å². The summed E-state index contributed by atoms with van der Waals surface area (Å²) in [6.45, 7) is 35.5. The average molecular weight is 1710 g/mol. The molecule has 0 aromatic carbocycles. The summed E-state index contributed by atoms with van der Waals surface area (Å²) >= 11 is 0. The minimum absolute atomic E-state index is 0. The number of carbonyl (C=O) groups is 2. The third-order valence-electron chi connectivity index (χ3n) is 9.91. The Kier molecular flexibility index (Phi) is 143. The first-order valence-electron chi connectivity index (χ1n) is 28.6. The minimum Gasteiger partial charge on any atom is -0.813 e. The summed E-state index contributed by atoms with van der Waals surface area (Å²) in [7, 11) is -13.0. The Bertz CT molecular complexity index is 933. The summed E-state index contributed by atoms with van der Waals surface area (Å²) in [5, 5.41) is 54.7. The summed E-state index contributed by atoms with van der Waals surface area (Å²) in [6, 6.07) is 0. The number of halogens is 4. The van der Waals surface area contributed by atoms with Crippen LogP contribution < -0.4 is 160 Å². The number of amides is 2. The van der Waals surface area contributed by atoms with Crippen molar-refractivity contribution in [1.29, 1.82) is 0 Å². The molecule has 0 aromatic rings. The van der Waals surface area contributed by atoms with Crippen molar-refractivity contribution in [3.63, 3.8) is 0 Å². The normalized spacial score (nSPS) is 17.6. The van der Waals surface area contributed by atoms with Crippen molar-refractivity contribution in [3.8, 4) is 0 Å². The number of nitrogens with one attached hydrogen (secondary N) is 16. The van der Waals surface area contributed by atoms with Crippen LogP contribution in [0.1, 0.15) is 51.4 Å².